The van der Waals surface area contributed by atoms with Gasteiger partial charge in [-0.15, -0.1) is 22.2 Å². The van der Waals surface area contributed by atoms with Gasteiger partial charge in [0.25, 0.3) is 11.8 Å². The molecule has 0 spiro atoms. The lowest BCUT2D eigenvalue weighted by molar-refractivity contribution is 0.0977. The molecule has 2 aliphatic heterocycles. The average Bonchev–Trinajstić information content (AvgIpc) is 3.04. The second-order valence-electron chi connectivity index (χ2n) is 5.22. The molecule has 0 bridgehead atoms. The van der Waals surface area contributed by atoms with Crippen molar-refractivity contribution in [3.05, 3.63) is 59.7 Å². The highest BCUT2D eigenvalue weighted by Gasteiger charge is 2.28. The fourth-order valence-corrected chi connectivity index (χ4v) is 7.58. The number of carbonyl (C=O) groups is 2. The van der Waals surface area contributed by atoms with E-state index < -0.39 is 22.2 Å². The van der Waals surface area contributed by atoms with Crippen LogP contribution in [0.25, 0.3) is 0 Å². The van der Waals surface area contributed by atoms with Crippen molar-refractivity contribution in [2.45, 2.75) is 9.79 Å². The quantitative estimate of drug-likeness (QED) is 0.653. The minimum Gasteiger partial charge on any atom is -0.313 e. The highest BCUT2D eigenvalue weighted by molar-refractivity contribution is 8.19. The van der Waals surface area contributed by atoms with Gasteiger partial charge in [0.15, 0.2) is 0 Å². The summed E-state index contributed by atoms with van der Waals surface area (Å²) in [6.07, 6.45) is 0. The van der Waals surface area contributed by atoms with Crippen molar-refractivity contribution in [2.24, 2.45) is 0 Å². The standard InChI is InChI=1S/C16H16N2O2S2/c19-15-11-5-1-3-7-13(11)21(17-15)9-10-22-14-8-4-2-6-12(14)16(20)18-22/h1-8,21-22H,9-10H2,(H,17,19)(H,18,20). The number of thiol groups is 2. The van der Waals surface area contributed by atoms with Crippen LogP contribution in [0.1, 0.15) is 20.7 Å². The van der Waals surface area contributed by atoms with Crippen molar-refractivity contribution < 1.29 is 9.59 Å². The number of hydrogen-bond donors (Lipinski definition) is 4. The van der Waals surface area contributed by atoms with E-state index in [4.69, 9.17) is 0 Å². The van der Waals surface area contributed by atoms with Gasteiger partial charge in [-0.3, -0.25) is 9.59 Å². The van der Waals surface area contributed by atoms with E-state index in [-0.39, 0.29) is 11.8 Å². The minimum absolute atomic E-state index is 0.0327. The summed E-state index contributed by atoms with van der Waals surface area (Å²) in [7, 11) is 0. The first-order valence-corrected chi connectivity index (χ1v) is 10.1. The van der Waals surface area contributed by atoms with Crippen molar-refractivity contribution in [3.8, 4) is 0 Å². The molecule has 22 heavy (non-hydrogen) atoms. The third-order valence-electron chi connectivity index (χ3n) is 3.90. The molecule has 6 heteroatoms. The molecule has 0 fully saturated rings. The van der Waals surface area contributed by atoms with Crippen LogP contribution in [0.5, 0.6) is 0 Å². The molecule has 2 amide bonds. The fourth-order valence-electron chi connectivity index (χ4n) is 2.84. The van der Waals surface area contributed by atoms with E-state index in [1.807, 2.05) is 48.5 Å². The van der Waals surface area contributed by atoms with Crippen molar-refractivity contribution in [2.75, 3.05) is 11.5 Å². The molecule has 2 unspecified atom stereocenters. The first kappa shape index (κ1) is 13.7. The molecular weight excluding hydrogens is 316 g/mol. The molecular formula is C16H16N2O2S2. The maximum Gasteiger partial charge on any atom is 0.261 e. The van der Waals surface area contributed by atoms with Crippen molar-refractivity contribution in [3.63, 3.8) is 0 Å². The van der Waals surface area contributed by atoms with Crippen molar-refractivity contribution in [1.82, 2.24) is 9.44 Å². The Morgan fingerprint density at radius 1 is 0.682 bits per heavy atom. The van der Waals surface area contributed by atoms with Crippen molar-refractivity contribution in [1.29, 1.82) is 0 Å². The van der Waals surface area contributed by atoms with Gasteiger partial charge >= 0.3 is 0 Å². The van der Waals surface area contributed by atoms with Crippen LogP contribution in [0.4, 0.5) is 0 Å². The smallest absolute Gasteiger partial charge is 0.261 e. The average molecular weight is 332 g/mol. The highest BCUT2D eigenvalue weighted by atomic mass is 32.2. The summed E-state index contributed by atoms with van der Waals surface area (Å²) in [6.45, 7) is 0. The molecule has 0 aliphatic carbocycles. The lowest BCUT2D eigenvalue weighted by Crippen LogP contribution is -2.17. The van der Waals surface area contributed by atoms with Crippen LogP contribution >= 0.6 is 22.2 Å². The van der Waals surface area contributed by atoms with Crippen LogP contribution in [-0.2, 0) is 0 Å². The summed E-state index contributed by atoms with van der Waals surface area (Å²) in [5, 5.41) is 0. The summed E-state index contributed by atoms with van der Waals surface area (Å²) in [6, 6.07) is 15.6. The first-order chi connectivity index (χ1) is 10.7. The zero-order valence-corrected chi connectivity index (χ0v) is 13.5. The molecule has 4 nitrogen and oxygen atoms in total. The van der Waals surface area contributed by atoms with Gasteiger partial charge in [0.05, 0.1) is 11.1 Å². The summed E-state index contributed by atoms with van der Waals surface area (Å²) in [5.41, 5.74) is 1.61. The zero-order valence-electron chi connectivity index (χ0n) is 11.7. The largest absolute Gasteiger partial charge is 0.313 e. The number of rotatable bonds is 3. The predicted molar refractivity (Wildman–Crippen MR) is 92.1 cm³/mol. The van der Waals surface area contributed by atoms with Crippen LogP contribution in [0, 0.1) is 0 Å². The molecule has 0 saturated heterocycles. The number of nitrogens with one attached hydrogen (secondary N) is 2. The van der Waals surface area contributed by atoms with Gasteiger partial charge in [-0.2, -0.15) is 0 Å². The molecule has 114 valence electrons. The third kappa shape index (κ3) is 2.19. The summed E-state index contributed by atoms with van der Waals surface area (Å²) < 4.78 is 6.20. The van der Waals surface area contributed by atoms with Crippen LogP contribution in [0.15, 0.2) is 58.3 Å². The van der Waals surface area contributed by atoms with Crippen LogP contribution < -0.4 is 9.44 Å². The van der Waals surface area contributed by atoms with Gasteiger partial charge in [0, 0.05) is 21.3 Å². The van der Waals surface area contributed by atoms with E-state index in [0.29, 0.717) is 0 Å². The fraction of sp³-hybridized carbons (Fsp3) is 0.125. The number of fused-ring (bicyclic) bond motifs is 2. The van der Waals surface area contributed by atoms with Gasteiger partial charge in [0.2, 0.25) is 0 Å². The Bertz CT molecular complexity index is 713. The van der Waals surface area contributed by atoms with E-state index in [1.54, 1.807) is 0 Å². The molecule has 0 saturated carbocycles. The van der Waals surface area contributed by atoms with Gasteiger partial charge in [0.1, 0.15) is 0 Å². The van der Waals surface area contributed by atoms with Crippen LogP contribution in [0.3, 0.4) is 0 Å². The molecule has 2 atom stereocenters. The molecule has 2 aromatic carbocycles. The highest BCUT2D eigenvalue weighted by Crippen LogP contribution is 2.45. The lowest BCUT2D eigenvalue weighted by Gasteiger charge is -2.22. The normalized spacial score (nSPS) is 25.3. The zero-order chi connectivity index (χ0) is 15.1. The van der Waals surface area contributed by atoms with E-state index in [1.165, 1.54) is 0 Å². The Morgan fingerprint density at radius 2 is 1.09 bits per heavy atom. The first-order valence-electron chi connectivity index (χ1n) is 7.09. The Balaban J connectivity index is 1.51. The summed E-state index contributed by atoms with van der Waals surface area (Å²) >= 11 is -1.31. The monoisotopic (exact) mass is 332 g/mol. The maximum absolute atomic E-state index is 12.0. The maximum atomic E-state index is 12.0. The molecule has 4 rings (SSSR count). The number of hydrogen-bond acceptors (Lipinski definition) is 2. The van der Waals surface area contributed by atoms with Crippen LogP contribution in [0.2, 0.25) is 0 Å². The van der Waals surface area contributed by atoms with E-state index in [2.05, 4.69) is 9.44 Å². The molecule has 2 heterocycles. The second kappa shape index (κ2) is 5.37. The SMILES string of the molecule is O=C1N[SH](CC[SH]2NC(=O)c3ccccc32)c2ccccc21. The van der Waals surface area contributed by atoms with Gasteiger partial charge < -0.3 is 9.44 Å². The summed E-state index contributed by atoms with van der Waals surface area (Å²) in [4.78, 5) is 26.2. The Hall–Kier alpha value is -1.92. The van der Waals surface area contributed by atoms with Gasteiger partial charge in [-0.25, -0.2) is 0 Å². The Kier molecular flexibility index (Phi) is 3.35. The van der Waals surface area contributed by atoms with E-state index >= 15 is 0 Å². The topological polar surface area (TPSA) is 58.2 Å². The Morgan fingerprint density at radius 3 is 1.55 bits per heavy atom. The predicted octanol–water partition coefficient (Wildman–Crippen LogP) is 2.42. The molecule has 0 radical (unpaired) electrons. The second-order valence-corrected chi connectivity index (χ2v) is 9.24. The number of carbonyl (C=O) groups excluding carboxylic acids is 2. The molecule has 0 aromatic heterocycles. The third-order valence-corrected chi connectivity index (χ3v) is 8.48. The summed E-state index contributed by atoms with van der Waals surface area (Å²) in [5.74, 6) is 1.87. The molecule has 2 aromatic rings. The lowest BCUT2D eigenvalue weighted by atomic mass is 10.2. The van der Waals surface area contributed by atoms with E-state index in [0.717, 1.165) is 32.4 Å². The van der Waals surface area contributed by atoms with Crippen LogP contribution in [-0.4, -0.2) is 23.3 Å². The molecule has 2 aliphatic rings. The van der Waals surface area contributed by atoms with Crippen molar-refractivity contribution >= 4 is 34.0 Å². The van der Waals surface area contributed by atoms with Gasteiger partial charge in [-0.05, 0) is 24.3 Å². The number of amides is 2. The molecule has 2 N–H and O–H groups in total. The Labute approximate surface area is 134 Å². The van der Waals surface area contributed by atoms with Gasteiger partial charge in [-0.1, -0.05) is 24.3 Å². The minimum atomic E-state index is -0.655. The van der Waals surface area contributed by atoms with E-state index in [9.17, 15) is 9.59 Å². The number of benzene rings is 2.